The van der Waals surface area contributed by atoms with Gasteiger partial charge in [0.1, 0.15) is 18.4 Å². The monoisotopic (exact) mass is 273 g/mol. The van der Waals surface area contributed by atoms with Crippen molar-refractivity contribution in [2.75, 3.05) is 0 Å². The van der Waals surface area contributed by atoms with E-state index in [1.54, 1.807) is 12.1 Å². The highest BCUT2D eigenvalue weighted by Gasteiger charge is 2.18. The first kappa shape index (κ1) is 14.3. The predicted molar refractivity (Wildman–Crippen MR) is 76.9 cm³/mol. The van der Waals surface area contributed by atoms with E-state index >= 15 is 0 Å². The summed E-state index contributed by atoms with van der Waals surface area (Å²) in [6.07, 6.45) is 3.14. The highest BCUT2D eigenvalue weighted by atomic mass is 16.4. The highest BCUT2D eigenvalue weighted by molar-refractivity contribution is 5.87. The Labute approximate surface area is 119 Å². The normalized spacial score (nSPS) is 10.8. The summed E-state index contributed by atoms with van der Waals surface area (Å²) >= 11 is 0. The molecule has 1 aromatic heterocycles. The number of aromatic carboxylic acids is 1. The van der Waals surface area contributed by atoms with E-state index in [4.69, 9.17) is 5.11 Å². The minimum absolute atomic E-state index is 0.330. The molecule has 0 atom stereocenters. The van der Waals surface area contributed by atoms with Crippen molar-refractivity contribution in [2.24, 2.45) is 0 Å². The van der Waals surface area contributed by atoms with Gasteiger partial charge in [-0.15, -0.1) is 0 Å². The number of carboxylic acids is 1. The van der Waals surface area contributed by atoms with Crippen molar-refractivity contribution in [3.05, 3.63) is 53.1 Å². The van der Waals surface area contributed by atoms with E-state index in [0.717, 1.165) is 25.1 Å². The number of benzene rings is 1. The zero-order valence-electron chi connectivity index (χ0n) is 12.3. The van der Waals surface area contributed by atoms with E-state index in [1.807, 2.05) is 12.1 Å². The molecule has 0 saturated heterocycles. The molecule has 4 nitrogen and oxygen atoms in total. The lowest BCUT2D eigenvalue weighted by molar-refractivity contribution is -0.695. The first-order valence-corrected chi connectivity index (χ1v) is 6.97. The number of rotatable bonds is 5. The van der Waals surface area contributed by atoms with Gasteiger partial charge in [0.05, 0.1) is 12.1 Å². The van der Waals surface area contributed by atoms with Crippen LogP contribution in [0.5, 0.6) is 0 Å². The van der Waals surface area contributed by atoms with Crippen molar-refractivity contribution in [1.82, 2.24) is 4.57 Å². The fourth-order valence-corrected chi connectivity index (χ4v) is 2.64. The number of carboxylic acid groups (broad SMARTS) is 1. The molecule has 0 aliphatic rings. The number of carbonyl (C=O) groups is 1. The Morgan fingerprint density at radius 2 is 1.90 bits per heavy atom. The Hall–Kier alpha value is -2.10. The summed E-state index contributed by atoms with van der Waals surface area (Å²) < 4.78 is 4.56. The lowest BCUT2D eigenvalue weighted by Gasteiger charge is -2.03. The van der Waals surface area contributed by atoms with Gasteiger partial charge in [0.15, 0.2) is 0 Å². The largest absolute Gasteiger partial charge is 0.478 e. The molecule has 4 heteroatoms. The summed E-state index contributed by atoms with van der Waals surface area (Å²) in [6, 6.07) is 7.09. The third-order valence-electron chi connectivity index (χ3n) is 3.60. The second-order valence-corrected chi connectivity index (χ2v) is 4.91. The molecule has 2 rings (SSSR count). The second kappa shape index (κ2) is 5.90. The Morgan fingerprint density at radius 3 is 2.40 bits per heavy atom. The topological polar surface area (TPSA) is 46.1 Å². The summed E-state index contributed by atoms with van der Waals surface area (Å²) in [7, 11) is 0. The van der Waals surface area contributed by atoms with Crippen LogP contribution in [0.15, 0.2) is 30.5 Å². The molecule has 2 aromatic rings. The van der Waals surface area contributed by atoms with Crippen LogP contribution in [-0.4, -0.2) is 15.6 Å². The number of aryl methyl sites for hydroxylation is 1. The molecule has 106 valence electrons. The molecule has 0 aliphatic heterocycles. The first-order valence-electron chi connectivity index (χ1n) is 6.97. The van der Waals surface area contributed by atoms with E-state index in [-0.39, 0.29) is 0 Å². The van der Waals surface area contributed by atoms with E-state index in [9.17, 15) is 4.79 Å². The van der Waals surface area contributed by atoms with Gasteiger partial charge in [0.25, 0.3) is 5.82 Å². The molecule has 1 heterocycles. The number of aromatic nitrogens is 2. The maximum Gasteiger partial charge on any atom is 0.335 e. The summed E-state index contributed by atoms with van der Waals surface area (Å²) in [5.74, 6) is 0.416. The van der Waals surface area contributed by atoms with Crippen molar-refractivity contribution in [2.45, 2.75) is 40.3 Å². The molecule has 1 N–H and O–H groups in total. The van der Waals surface area contributed by atoms with E-state index in [1.165, 1.54) is 11.5 Å². The van der Waals surface area contributed by atoms with Gasteiger partial charge >= 0.3 is 5.97 Å². The molecule has 0 aliphatic carbocycles. The molecular weight excluding hydrogens is 252 g/mol. The van der Waals surface area contributed by atoms with Gasteiger partial charge in [-0.2, -0.15) is 0 Å². The zero-order valence-corrected chi connectivity index (χ0v) is 12.3. The smallest absolute Gasteiger partial charge is 0.335 e. The average Bonchev–Trinajstić information content (AvgIpc) is 2.74. The van der Waals surface area contributed by atoms with Crippen LogP contribution < -0.4 is 4.57 Å². The molecule has 1 aromatic carbocycles. The molecule has 0 radical (unpaired) electrons. The van der Waals surface area contributed by atoms with E-state index in [0.29, 0.717) is 5.56 Å². The van der Waals surface area contributed by atoms with Crippen LogP contribution in [0.1, 0.15) is 41.3 Å². The van der Waals surface area contributed by atoms with Gasteiger partial charge in [-0.1, -0.05) is 19.1 Å². The Morgan fingerprint density at radius 1 is 1.25 bits per heavy atom. The third-order valence-corrected chi connectivity index (χ3v) is 3.60. The van der Waals surface area contributed by atoms with Crippen LogP contribution in [0, 0.1) is 6.92 Å². The quantitative estimate of drug-likeness (QED) is 0.850. The molecule has 0 fully saturated rings. The lowest BCUT2D eigenvalue weighted by Crippen LogP contribution is -2.37. The summed E-state index contributed by atoms with van der Waals surface area (Å²) in [5, 5.41) is 8.91. The number of hydrogen-bond acceptors (Lipinski definition) is 1. The van der Waals surface area contributed by atoms with E-state index in [2.05, 4.69) is 36.1 Å². The maximum absolute atomic E-state index is 10.8. The predicted octanol–water partition coefficient (Wildman–Crippen LogP) is 2.41. The van der Waals surface area contributed by atoms with Crippen molar-refractivity contribution in [3.8, 4) is 0 Å². The van der Waals surface area contributed by atoms with E-state index < -0.39 is 5.97 Å². The molecule has 0 unspecified atom stereocenters. The van der Waals surface area contributed by atoms with Gasteiger partial charge in [-0.05, 0) is 24.6 Å². The van der Waals surface area contributed by atoms with Crippen LogP contribution >= 0.6 is 0 Å². The lowest BCUT2D eigenvalue weighted by atomic mass is 10.1. The second-order valence-electron chi connectivity index (χ2n) is 4.91. The molecular formula is C16H21N2O2+. The fourth-order valence-electron chi connectivity index (χ4n) is 2.64. The van der Waals surface area contributed by atoms with Crippen LogP contribution in [0.4, 0.5) is 0 Å². The van der Waals surface area contributed by atoms with Gasteiger partial charge in [-0.3, -0.25) is 0 Å². The van der Waals surface area contributed by atoms with Crippen LogP contribution in [-0.2, 0) is 19.5 Å². The van der Waals surface area contributed by atoms with Gasteiger partial charge in [0.2, 0.25) is 0 Å². The minimum atomic E-state index is -0.883. The van der Waals surface area contributed by atoms with Gasteiger partial charge < -0.3 is 5.11 Å². The number of hydrogen-bond donors (Lipinski definition) is 1. The van der Waals surface area contributed by atoms with Crippen molar-refractivity contribution in [3.63, 3.8) is 0 Å². The first-order chi connectivity index (χ1) is 9.56. The molecule has 0 saturated carbocycles. The maximum atomic E-state index is 10.8. The van der Waals surface area contributed by atoms with Crippen molar-refractivity contribution >= 4 is 5.97 Å². The van der Waals surface area contributed by atoms with Crippen molar-refractivity contribution < 1.29 is 14.5 Å². The van der Waals surface area contributed by atoms with Gasteiger partial charge in [0, 0.05) is 13.3 Å². The Balaban J connectivity index is 2.27. The van der Waals surface area contributed by atoms with Crippen LogP contribution in [0.2, 0.25) is 0 Å². The Bertz CT molecular complexity index is 612. The number of imidazole rings is 1. The fraction of sp³-hybridized carbons (Fsp3) is 0.375. The summed E-state index contributed by atoms with van der Waals surface area (Å²) in [4.78, 5) is 10.8. The molecule has 0 bridgehead atoms. The van der Waals surface area contributed by atoms with Crippen LogP contribution in [0.25, 0.3) is 0 Å². The molecule has 0 amide bonds. The Kier molecular flexibility index (Phi) is 4.23. The minimum Gasteiger partial charge on any atom is -0.478 e. The highest BCUT2D eigenvalue weighted by Crippen LogP contribution is 2.08. The van der Waals surface area contributed by atoms with Crippen molar-refractivity contribution in [1.29, 1.82) is 0 Å². The zero-order chi connectivity index (χ0) is 14.7. The summed E-state index contributed by atoms with van der Waals surface area (Å²) in [6.45, 7) is 8.17. The van der Waals surface area contributed by atoms with Gasteiger partial charge in [-0.25, -0.2) is 13.9 Å². The molecule has 0 spiro atoms. The molecule has 20 heavy (non-hydrogen) atoms. The standard InChI is InChI=1S/C16H20N2O2/c1-4-15-17(10-12(3)18(15)5-2)11-13-6-8-14(9-7-13)16(19)20/h6-10H,4-5,11H2,1-3H3/p+1. The SMILES string of the molecule is CCc1n(CC)c(C)c[n+]1Cc1ccc(C(=O)O)cc1. The van der Waals surface area contributed by atoms with Crippen LogP contribution in [0.3, 0.4) is 0 Å². The number of nitrogens with zero attached hydrogens (tertiary/aromatic N) is 2. The third kappa shape index (κ3) is 2.74. The summed E-state index contributed by atoms with van der Waals surface area (Å²) in [5.41, 5.74) is 2.70. The average molecular weight is 273 g/mol.